The fourth-order valence-corrected chi connectivity index (χ4v) is 7.41. The van der Waals surface area contributed by atoms with Crippen LogP contribution < -0.4 is 0 Å². The van der Waals surface area contributed by atoms with Crippen LogP contribution in [0, 0.1) is 0 Å². The first-order valence-electron chi connectivity index (χ1n) is 14.6. The van der Waals surface area contributed by atoms with Crippen LogP contribution in [0.15, 0.2) is 143 Å². The number of fused-ring (bicyclic) bond motifs is 8. The summed E-state index contributed by atoms with van der Waals surface area (Å²) in [6.45, 7) is 0. The molecule has 4 nitrogen and oxygen atoms in total. The summed E-state index contributed by atoms with van der Waals surface area (Å²) in [5.74, 6) is 1.89. The highest BCUT2D eigenvalue weighted by molar-refractivity contribution is 7.99. The monoisotopic (exact) mass is 580 g/mol. The Morgan fingerprint density at radius 1 is 0.500 bits per heavy atom. The number of nitrogens with zero attached hydrogens (tertiary/aromatic N) is 4. The molecule has 0 unspecified atom stereocenters. The summed E-state index contributed by atoms with van der Waals surface area (Å²) < 4.78 is 2.19. The quantitative estimate of drug-likeness (QED) is 0.209. The first-order valence-corrected chi connectivity index (χ1v) is 15.4. The van der Waals surface area contributed by atoms with Crippen molar-refractivity contribution < 1.29 is 0 Å². The Bertz CT molecular complexity index is 2350. The summed E-state index contributed by atoms with van der Waals surface area (Å²) in [6, 6.07) is 46.4. The van der Waals surface area contributed by atoms with E-state index in [1.807, 2.05) is 72.4 Å². The van der Waals surface area contributed by atoms with E-state index in [1.165, 1.54) is 42.5 Å². The Morgan fingerprint density at radius 2 is 1.16 bits per heavy atom. The minimum absolute atomic E-state index is 0.600. The number of hydrogen-bond acceptors (Lipinski definition) is 4. The summed E-state index contributed by atoms with van der Waals surface area (Å²) in [7, 11) is 0. The van der Waals surface area contributed by atoms with Gasteiger partial charge in [0.05, 0.1) is 11.0 Å². The highest BCUT2D eigenvalue weighted by Gasteiger charge is 2.22. The van der Waals surface area contributed by atoms with Gasteiger partial charge in [-0.25, -0.2) is 4.98 Å². The van der Waals surface area contributed by atoms with Crippen molar-refractivity contribution in [1.82, 2.24) is 19.5 Å². The maximum atomic E-state index is 5.09. The number of rotatable bonds is 3. The van der Waals surface area contributed by atoms with Crippen molar-refractivity contribution in [2.45, 2.75) is 9.79 Å². The molecule has 206 valence electrons. The van der Waals surface area contributed by atoms with Gasteiger partial charge in [0, 0.05) is 31.7 Å². The molecule has 0 bridgehead atoms. The van der Waals surface area contributed by atoms with E-state index in [1.54, 1.807) is 0 Å². The molecule has 0 saturated carbocycles. The molecule has 0 fully saturated rings. The Labute approximate surface area is 258 Å². The van der Waals surface area contributed by atoms with Gasteiger partial charge in [0.2, 0.25) is 5.95 Å². The van der Waals surface area contributed by atoms with Crippen molar-refractivity contribution in [3.05, 3.63) is 145 Å². The smallest absolute Gasteiger partial charge is 0.238 e. The van der Waals surface area contributed by atoms with Gasteiger partial charge >= 0.3 is 0 Å². The van der Waals surface area contributed by atoms with Crippen molar-refractivity contribution in [3.8, 4) is 28.7 Å². The molecule has 44 heavy (non-hydrogen) atoms. The average Bonchev–Trinajstić information content (AvgIpc) is 3.30. The zero-order valence-corrected chi connectivity index (χ0v) is 24.4. The molecule has 9 rings (SSSR count). The van der Waals surface area contributed by atoms with Crippen molar-refractivity contribution in [2.24, 2.45) is 0 Å². The van der Waals surface area contributed by atoms with Gasteiger partial charge in [-0.2, -0.15) is 9.97 Å². The predicted molar refractivity (Wildman–Crippen MR) is 182 cm³/mol. The van der Waals surface area contributed by atoms with Crippen LogP contribution in [0.1, 0.15) is 11.1 Å². The third-order valence-corrected chi connectivity index (χ3v) is 9.51. The second kappa shape index (κ2) is 10.0. The zero-order valence-electron chi connectivity index (χ0n) is 23.6. The van der Waals surface area contributed by atoms with Gasteiger partial charge in [-0.05, 0) is 40.1 Å². The molecule has 0 atom stereocenters. The molecule has 5 heteroatoms. The lowest BCUT2D eigenvalue weighted by molar-refractivity contribution is 0.953. The lowest BCUT2D eigenvalue weighted by Crippen LogP contribution is -2.06. The lowest BCUT2D eigenvalue weighted by atomic mass is 10.0. The third-order valence-electron chi connectivity index (χ3n) is 8.28. The minimum atomic E-state index is 0.600. The molecule has 0 saturated heterocycles. The van der Waals surface area contributed by atoms with E-state index in [2.05, 4.69) is 89.5 Å². The number of benzene rings is 6. The molecular weight excluding hydrogens is 557 g/mol. The van der Waals surface area contributed by atoms with Crippen molar-refractivity contribution in [2.75, 3.05) is 0 Å². The summed E-state index contributed by atoms with van der Waals surface area (Å²) >= 11 is 1.85. The second-order valence-electron chi connectivity index (χ2n) is 10.9. The molecule has 0 radical (unpaired) electrons. The molecule has 8 aromatic rings. The van der Waals surface area contributed by atoms with Crippen molar-refractivity contribution in [3.63, 3.8) is 0 Å². The van der Waals surface area contributed by atoms with Crippen LogP contribution in [0.5, 0.6) is 0 Å². The number of aromatic nitrogens is 4. The van der Waals surface area contributed by atoms with Crippen LogP contribution in [0.25, 0.3) is 73.5 Å². The SMILES string of the molecule is C1=Cc2c(ccc3c2c2ccccc2n3-c2nc(-c3ccccc3)nc(-c3ccccc3)n2)Sc2c1ccc1ccccc21. The van der Waals surface area contributed by atoms with Crippen LogP contribution >= 0.6 is 11.8 Å². The molecule has 0 N–H and O–H groups in total. The molecule has 0 aliphatic carbocycles. The Kier molecular flexibility index (Phi) is 5.71. The van der Waals surface area contributed by atoms with E-state index >= 15 is 0 Å². The van der Waals surface area contributed by atoms with Crippen molar-refractivity contribution >= 4 is 56.5 Å². The van der Waals surface area contributed by atoms with E-state index in [-0.39, 0.29) is 0 Å². The van der Waals surface area contributed by atoms with Crippen LogP contribution in [0.3, 0.4) is 0 Å². The van der Waals surface area contributed by atoms with E-state index in [9.17, 15) is 0 Å². The summed E-state index contributed by atoms with van der Waals surface area (Å²) in [4.78, 5) is 17.6. The minimum Gasteiger partial charge on any atom is -0.278 e. The first-order chi connectivity index (χ1) is 21.8. The normalized spacial score (nSPS) is 12.4. The van der Waals surface area contributed by atoms with Gasteiger partial charge < -0.3 is 0 Å². The Hall–Kier alpha value is -5.52. The highest BCUT2D eigenvalue weighted by Crippen LogP contribution is 2.45. The fourth-order valence-electron chi connectivity index (χ4n) is 6.22. The second-order valence-corrected chi connectivity index (χ2v) is 11.9. The highest BCUT2D eigenvalue weighted by atomic mass is 32.2. The Morgan fingerprint density at radius 3 is 1.91 bits per heavy atom. The topological polar surface area (TPSA) is 43.6 Å². The fraction of sp³-hybridized carbons (Fsp3) is 0. The lowest BCUT2D eigenvalue weighted by Gasteiger charge is -2.12. The van der Waals surface area contributed by atoms with E-state index < -0.39 is 0 Å². The third kappa shape index (κ3) is 3.98. The van der Waals surface area contributed by atoms with Gasteiger partial charge in [0.15, 0.2) is 11.6 Å². The van der Waals surface area contributed by atoms with E-state index in [4.69, 9.17) is 15.0 Å². The maximum Gasteiger partial charge on any atom is 0.238 e. The van der Waals surface area contributed by atoms with Gasteiger partial charge in [-0.1, -0.05) is 139 Å². The molecule has 3 heterocycles. The standard InChI is InChI=1S/C39H24N4S/c1-3-12-27(13-4-1)37-40-38(28-14-5-2-6-15-28)42-39(41-37)43-32-18-10-9-17-30(32)35-31-22-21-26-20-19-25-11-7-8-16-29(25)36(26)44-34(31)24-23-33(35)43/h1-24H. The summed E-state index contributed by atoms with van der Waals surface area (Å²) in [5.41, 5.74) is 6.48. The van der Waals surface area contributed by atoms with Gasteiger partial charge in [0.25, 0.3) is 0 Å². The summed E-state index contributed by atoms with van der Waals surface area (Å²) in [5, 5.41) is 4.90. The summed E-state index contributed by atoms with van der Waals surface area (Å²) in [6.07, 6.45) is 4.54. The van der Waals surface area contributed by atoms with Crippen LogP contribution in [-0.2, 0) is 0 Å². The molecule has 1 aliphatic heterocycles. The zero-order chi connectivity index (χ0) is 29.0. The Balaban J connectivity index is 1.31. The molecule has 0 amide bonds. The molecule has 6 aromatic carbocycles. The van der Waals surface area contributed by atoms with E-state index in [0.29, 0.717) is 17.6 Å². The molecule has 1 aliphatic rings. The molecule has 2 aromatic heterocycles. The van der Waals surface area contributed by atoms with Crippen LogP contribution in [0.2, 0.25) is 0 Å². The van der Waals surface area contributed by atoms with E-state index in [0.717, 1.165) is 22.2 Å². The first kappa shape index (κ1) is 25.0. The largest absolute Gasteiger partial charge is 0.278 e. The average molecular weight is 581 g/mol. The number of hydrogen-bond donors (Lipinski definition) is 0. The molecular formula is C39H24N4S. The van der Waals surface area contributed by atoms with Crippen LogP contribution in [0.4, 0.5) is 0 Å². The number of para-hydroxylation sites is 1. The maximum absolute atomic E-state index is 5.09. The van der Waals surface area contributed by atoms with Crippen LogP contribution in [-0.4, -0.2) is 19.5 Å². The van der Waals surface area contributed by atoms with Gasteiger partial charge in [0.1, 0.15) is 0 Å². The van der Waals surface area contributed by atoms with Gasteiger partial charge in [-0.15, -0.1) is 0 Å². The van der Waals surface area contributed by atoms with Crippen molar-refractivity contribution in [1.29, 1.82) is 0 Å². The molecule has 0 spiro atoms. The predicted octanol–water partition coefficient (Wildman–Crippen LogP) is 10.1. The van der Waals surface area contributed by atoms with Gasteiger partial charge in [-0.3, -0.25) is 4.57 Å².